The summed E-state index contributed by atoms with van der Waals surface area (Å²) >= 11 is 1.40. The van der Waals surface area contributed by atoms with Crippen molar-refractivity contribution in [1.29, 1.82) is 0 Å². The molecule has 5 nitrogen and oxygen atoms in total. The zero-order valence-electron chi connectivity index (χ0n) is 15.0. The number of benzene rings is 2. The molecule has 6 heteroatoms. The van der Waals surface area contributed by atoms with E-state index in [9.17, 15) is 9.59 Å². The number of amides is 2. The Labute approximate surface area is 161 Å². The lowest BCUT2D eigenvalue weighted by molar-refractivity contribution is 0.0954. The molecule has 0 unspecified atom stereocenters. The van der Waals surface area contributed by atoms with Gasteiger partial charge in [-0.3, -0.25) is 9.59 Å². The van der Waals surface area contributed by atoms with Crippen molar-refractivity contribution in [2.45, 2.75) is 13.8 Å². The third kappa shape index (κ3) is 4.89. The van der Waals surface area contributed by atoms with Gasteiger partial charge >= 0.3 is 0 Å². The van der Waals surface area contributed by atoms with Crippen LogP contribution in [0, 0.1) is 6.92 Å². The van der Waals surface area contributed by atoms with Crippen LogP contribution in [-0.4, -0.2) is 17.5 Å². The molecule has 0 spiro atoms. The van der Waals surface area contributed by atoms with Gasteiger partial charge in [-0.05, 0) is 55.1 Å². The second-order valence-electron chi connectivity index (χ2n) is 6.02. The number of nitrogens with zero attached hydrogens (tertiary/aromatic N) is 1. The zero-order valence-corrected chi connectivity index (χ0v) is 15.8. The first-order valence-corrected chi connectivity index (χ1v) is 9.27. The lowest BCUT2D eigenvalue weighted by atomic mass is 10.1. The highest BCUT2D eigenvalue weighted by Gasteiger charge is 2.08. The minimum Gasteiger partial charge on any atom is -0.321 e. The second-order valence-corrected chi connectivity index (χ2v) is 6.96. The van der Waals surface area contributed by atoms with E-state index >= 15 is 0 Å². The van der Waals surface area contributed by atoms with Crippen molar-refractivity contribution in [2.24, 2.45) is 5.10 Å². The van der Waals surface area contributed by atoms with Gasteiger partial charge in [0.1, 0.15) is 0 Å². The van der Waals surface area contributed by atoms with Crippen molar-refractivity contribution in [3.63, 3.8) is 0 Å². The van der Waals surface area contributed by atoms with Gasteiger partial charge in [0.05, 0.1) is 10.6 Å². The first-order chi connectivity index (χ1) is 13.0. The maximum Gasteiger partial charge on any atom is 0.271 e. The summed E-state index contributed by atoms with van der Waals surface area (Å²) in [5.41, 5.74) is 6.39. The van der Waals surface area contributed by atoms with Crippen LogP contribution in [0.1, 0.15) is 38.1 Å². The van der Waals surface area contributed by atoms with E-state index in [1.54, 1.807) is 12.1 Å². The van der Waals surface area contributed by atoms with E-state index in [1.165, 1.54) is 11.3 Å². The lowest BCUT2D eigenvalue weighted by Crippen LogP contribution is -2.19. The van der Waals surface area contributed by atoms with E-state index < -0.39 is 0 Å². The topological polar surface area (TPSA) is 70.6 Å². The van der Waals surface area contributed by atoms with Crippen LogP contribution in [0.5, 0.6) is 0 Å². The summed E-state index contributed by atoms with van der Waals surface area (Å²) in [6.45, 7) is 3.75. The highest BCUT2D eigenvalue weighted by Crippen LogP contribution is 2.14. The minimum absolute atomic E-state index is 0.131. The van der Waals surface area contributed by atoms with Crippen LogP contribution in [0.4, 0.5) is 5.69 Å². The van der Waals surface area contributed by atoms with Crippen LogP contribution in [0.15, 0.2) is 71.1 Å². The van der Waals surface area contributed by atoms with Crippen LogP contribution in [-0.2, 0) is 0 Å². The number of thiophene rings is 1. The molecule has 0 bridgehead atoms. The molecular formula is C21H19N3O2S. The Morgan fingerprint density at radius 2 is 1.70 bits per heavy atom. The molecule has 0 aliphatic carbocycles. The fourth-order valence-electron chi connectivity index (χ4n) is 2.45. The molecule has 3 aromatic rings. The van der Waals surface area contributed by atoms with Crippen molar-refractivity contribution in [2.75, 3.05) is 5.32 Å². The first kappa shape index (κ1) is 18.5. The summed E-state index contributed by atoms with van der Waals surface area (Å²) in [6, 6.07) is 18.3. The smallest absolute Gasteiger partial charge is 0.271 e. The van der Waals surface area contributed by atoms with E-state index in [4.69, 9.17) is 0 Å². The number of carbonyl (C=O) groups excluding carboxylic acids is 2. The van der Waals surface area contributed by atoms with E-state index in [0.717, 1.165) is 11.1 Å². The number of hydrogen-bond acceptors (Lipinski definition) is 4. The molecule has 2 amide bonds. The van der Waals surface area contributed by atoms with E-state index in [-0.39, 0.29) is 11.8 Å². The normalized spacial score (nSPS) is 11.1. The monoisotopic (exact) mass is 377 g/mol. The number of anilines is 1. The summed E-state index contributed by atoms with van der Waals surface area (Å²) in [6.07, 6.45) is 0. The molecule has 2 aromatic carbocycles. The van der Waals surface area contributed by atoms with E-state index in [1.807, 2.05) is 67.8 Å². The number of carbonyl (C=O) groups is 2. The summed E-state index contributed by atoms with van der Waals surface area (Å²) in [4.78, 5) is 24.9. The molecule has 0 aliphatic rings. The van der Waals surface area contributed by atoms with Crippen LogP contribution in [0.3, 0.4) is 0 Å². The Balaban J connectivity index is 1.63. The first-order valence-electron chi connectivity index (χ1n) is 8.39. The Morgan fingerprint density at radius 1 is 0.926 bits per heavy atom. The number of hydrazone groups is 1. The van der Waals surface area contributed by atoms with Gasteiger partial charge in [-0.2, -0.15) is 5.10 Å². The Morgan fingerprint density at radius 3 is 2.37 bits per heavy atom. The fourth-order valence-corrected chi connectivity index (χ4v) is 3.06. The van der Waals surface area contributed by atoms with Crippen molar-refractivity contribution in [1.82, 2.24) is 5.43 Å². The van der Waals surface area contributed by atoms with Crippen LogP contribution < -0.4 is 10.7 Å². The summed E-state index contributed by atoms with van der Waals surface area (Å²) in [7, 11) is 0. The summed E-state index contributed by atoms with van der Waals surface area (Å²) in [5.74, 6) is -0.383. The molecule has 27 heavy (non-hydrogen) atoms. The van der Waals surface area contributed by atoms with Crippen LogP contribution in [0.25, 0.3) is 0 Å². The minimum atomic E-state index is -0.252. The van der Waals surface area contributed by atoms with E-state index in [2.05, 4.69) is 15.8 Å². The Kier molecular flexibility index (Phi) is 5.78. The highest BCUT2D eigenvalue weighted by molar-refractivity contribution is 7.12. The van der Waals surface area contributed by atoms with Crippen molar-refractivity contribution >= 4 is 34.6 Å². The zero-order chi connectivity index (χ0) is 19.2. The molecule has 0 saturated heterocycles. The molecule has 136 valence electrons. The Hall–Kier alpha value is -3.25. The number of nitrogens with one attached hydrogen (secondary N) is 2. The molecular weight excluding hydrogens is 358 g/mol. The van der Waals surface area contributed by atoms with Crippen LogP contribution >= 0.6 is 11.3 Å². The standard InChI is InChI=1S/C21H19N3O2S/c1-14-5-3-6-17(13-14)20(25)24-23-15(2)16-8-10-18(11-9-16)22-21(26)19-7-4-12-27-19/h3-13H,1-2H3,(H,22,26)(H,24,25). The third-order valence-corrected chi connectivity index (χ3v) is 4.78. The molecule has 0 radical (unpaired) electrons. The molecule has 0 saturated carbocycles. The molecule has 1 aromatic heterocycles. The van der Waals surface area contributed by atoms with Gasteiger partial charge in [-0.15, -0.1) is 11.3 Å². The van der Waals surface area contributed by atoms with Crippen molar-refractivity contribution in [3.8, 4) is 0 Å². The summed E-state index contributed by atoms with van der Waals surface area (Å²) < 4.78 is 0. The molecule has 2 N–H and O–H groups in total. The predicted octanol–water partition coefficient (Wildman–Crippen LogP) is 4.46. The fraction of sp³-hybridized carbons (Fsp3) is 0.0952. The second kappa shape index (κ2) is 8.42. The molecule has 1 heterocycles. The average molecular weight is 377 g/mol. The summed E-state index contributed by atoms with van der Waals surface area (Å²) in [5, 5.41) is 8.88. The van der Waals surface area contributed by atoms with Gasteiger partial charge in [0, 0.05) is 11.3 Å². The molecule has 0 fully saturated rings. The van der Waals surface area contributed by atoms with Gasteiger partial charge < -0.3 is 5.32 Å². The average Bonchev–Trinajstić information content (AvgIpc) is 3.21. The number of rotatable bonds is 5. The molecule has 0 aliphatic heterocycles. The van der Waals surface area contributed by atoms with Crippen molar-refractivity contribution in [3.05, 3.63) is 87.6 Å². The van der Waals surface area contributed by atoms with Crippen molar-refractivity contribution < 1.29 is 9.59 Å². The van der Waals surface area contributed by atoms with Crippen LogP contribution in [0.2, 0.25) is 0 Å². The Bertz CT molecular complexity index is 977. The maximum atomic E-state index is 12.2. The molecule has 3 rings (SSSR count). The number of aryl methyl sites for hydroxylation is 1. The lowest BCUT2D eigenvalue weighted by Gasteiger charge is -2.06. The van der Waals surface area contributed by atoms with Gasteiger partial charge in [-0.1, -0.05) is 35.9 Å². The molecule has 0 atom stereocenters. The predicted molar refractivity (Wildman–Crippen MR) is 110 cm³/mol. The SMILES string of the molecule is CC(=NNC(=O)c1cccc(C)c1)c1ccc(NC(=O)c2cccs2)cc1. The van der Waals surface area contributed by atoms with Gasteiger partial charge in [0.2, 0.25) is 0 Å². The quantitative estimate of drug-likeness (QED) is 0.509. The third-order valence-electron chi connectivity index (χ3n) is 3.91. The largest absolute Gasteiger partial charge is 0.321 e. The van der Waals surface area contributed by atoms with Gasteiger partial charge in [-0.25, -0.2) is 5.43 Å². The number of hydrogen-bond donors (Lipinski definition) is 2. The highest BCUT2D eigenvalue weighted by atomic mass is 32.1. The maximum absolute atomic E-state index is 12.2. The van der Waals surface area contributed by atoms with Gasteiger partial charge in [0.25, 0.3) is 11.8 Å². The van der Waals surface area contributed by atoms with E-state index in [0.29, 0.717) is 21.8 Å². The van der Waals surface area contributed by atoms with Gasteiger partial charge in [0.15, 0.2) is 0 Å².